The first-order valence-corrected chi connectivity index (χ1v) is 5.78. The van der Waals surface area contributed by atoms with Crippen LogP contribution in [0.15, 0.2) is 42.5 Å². The van der Waals surface area contributed by atoms with E-state index in [2.05, 4.69) is 0 Å². The molecule has 2 aromatic rings. The summed E-state index contributed by atoms with van der Waals surface area (Å²) in [5, 5.41) is 0. The molecule has 0 saturated carbocycles. The largest absolute Gasteiger partial charge is 0.493 e. The molecule has 0 bridgehead atoms. The quantitative estimate of drug-likeness (QED) is 0.695. The van der Waals surface area contributed by atoms with E-state index in [9.17, 15) is 4.79 Å². The second kappa shape index (κ2) is 6.82. The van der Waals surface area contributed by atoms with E-state index in [1.165, 1.54) is 14.2 Å². The summed E-state index contributed by atoms with van der Waals surface area (Å²) in [6, 6.07) is 12.2. The van der Waals surface area contributed by atoms with Gasteiger partial charge in [0.05, 0.1) is 14.2 Å². The molecule has 4 nitrogen and oxygen atoms in total. The molecule has 0 unspecified atom stereocenters. The number of methoxy groups -OCH3 is 2. The molecule has 0 fully saturated rings. The zero-order valence-electron chi connectivity index (χ0n) is 11.3. The van der Waals surface area contributed by atoms with E-state index in [1.807, 2.05) is 18.2 Å². The minimum atomic E-state index is -0.140. The van der Waals surface area contributed by atoms with E-state index in [1.54, 1.807) is 24.3 Å². The van der Waals surface area contributed by atoms with Crippen LogP contribution in [-0.4, -0.2) is 20.0 Å². The Morgan fingerprint density at radius 3 is 2.10 bits per heavy atom. The minimum Gasteiger partial charge on any atom is -0.493 e. The van der Waals surface area contributed by atoms with Crippen LogP contribution in [0.3, 0.4) is 0 Å². The van der Waals surface area contributed by atoms with Crippen LogP contribution in [0.1, 0.15) is 15.9 Å². The molecule has 2 aromatic carbocycles. The third kappa shape index (κ3) is 3.03. The Kier molecular flexibility index (Phi) is 5.41. The first-order valence-electron chi connectivity index (χ1n) is 5.78. The number of benzene rings is 2. The Labute approximate surface area is 123 Å². The summed E-state index contributed by atoms with van der Waals surface area (Å²) in [5.41, 5.74) is 7.26. The zero-order chi connectivity index (χ0) is 13.8. The molecule has 2 N–H and O–H groups in total. The molecule has 106 valence electrons. The lowest BCUT2D eigenvalue weighted by atomic mass is 10.0. The third-order valence-electron chi connectivity index (χ3n) is 2.84. The van der Waals surface area contributed by atoms with Crippen molar-refractivity contribution >= 4 is 23.9 Å². The summed E-state index contributed by atoms with van der Waals surface area (Å²) in [5.74, 6) is 0.847. The van der Waals surface area contributed by atoms with Crippen LogP contribution in [-0.2, 0) is 0 Å². The molecule has 0 atom stereocenters. The van der Waals surface area contributed by atoms with Crippen molar-refractivity contribution in [2.75, 3.05) is 20.0 Å². The smallest absolute Gasteiger partial charge is 0.195 e. The van der Waals surface area contributed by atoms with Gasteiger partial charge in [-0.05, 0) is 6.07 Å². The van der Waals surface area contributed by atoms with Gasteiger partial charge in [-0.2, -0.15) is 0 Å². The standard InChI is InChI=1S/C15H15NO3.ClH/c1-18-13-8-11(12(16)9-14(13)19-2)15(17)10-6-4-3-5-7-10;/h3-9H,16H2,1-2H3;1H. The van der Waals surface area contributed by atoms with Crippen LogP contribution >= 0.6 is 12.4 Å². The number of ketones is 1. The molecule has 5 heteroatoms. The minimum absolute atomic E-state index is 0. The second-order valence-electron chi connectivity index (χ2n) is 3.99. The number of carbonyl (C=O) groups excluding carboxylic acids is 1. The topological polar surface area (TPSA) is 61.5 Å². The number of halogens is 1. The fourth-order valence-corrected chi connectivity index (χ4v) is 1.84. The summed E-state index contributed by atoms with van der Waals surface area (Å²) in [4.78, 5) is 12.4. The molecular formula is C15H16ClNO3. The zero-order valence-corrected chi connectivity index (χ0v) is 12.1. The molecule has 0 radical (unpaired) electrons. The highest BCUT2D eigenvalue weighted by Gasteiger charge is 2.16. The number of hydrogen-bond acceptors (Lipinski definition) is 4. The number of carbonyl (C=O) groups is 1. The van der Waals surface area contributed by atoms with Gasteiger partial charge in [0.1, 0.15) is 0 Å². The van der Waals surface area contributed by atoms with E-state index < -0.39 is 0 Å². The van der Waals surface area contributed by atoms with Crippen LogP contribution in [0.25, 0.3) is 0 Å². The van der Waals surface area contributed by atoms with Crippen molar-refractivity contribution in [3.8, 4) is 11.5 Å². The van der Waals surface area contributed by atoms with Gasteiger partial charge in [-0.3, -0.25) is 4.79 Å². The normalized spacial score (nSPS) is 9.50. The summed E-state index contributed by atoms with van der Waals surface area (Å²) in [7, 11) is 3.04. The van der Waals surface area contributed by atoms with Crippen molar-refractivity contribution < 1.29 is 14.3 Å². The predicted octanol–water partition coefficient (Wildman–Crippen LogP) is 2.94. The Morgan fingerprint density at radius 1 is 1.00 bits per heavy atom. The molecule has 0 aliphatic heterocycles. The van der Waals surface area contributed by atoms with Crippen LogP contribution < -0.4 is 15.2 Å². The lowest BCUT2D eigenvalue weighted by Gasteiger charge is -2.11. The van der Waals surface area contributed by atoms with Crippen molar-refractivity contribution in [3.63, 3.8) is 0 Å². The van der Waals surface area contributed by atoms with Crippen LogP contribution in [0.5, 0.6) is 11.5 Å². The Bertz CT molecular complexity index is 600. The molecule has 0 heterocycles. The van der Waals surface area contributed by atoms with Gasteiger partial charge in [-0.1, -0.05) is 30.3 Å². The van der Waals surface area contributed by atoms with Gasteiger partial charge in [0.15, 0.2) is 17.3 Å². The highest BCUT2D eigenvalue weighted by molar-refractivity contribution is 6.12. The van der Waals surface area contributed by atoms with Crippen molar-refractivity contribution in [1.82, 2.24) is 0 Å². The predicted molar refractivity (Wildman–Crippen MR) is 81.1 cm³/mol. The number of hydrogen-bond donors (Lipinski definition) is 1. The van der Waals surface area contributed by atoms with E-state index in [-0.39, 0.29) is 18.2 Å². The SMILES string of the molecule is COc1cc(N)c(C(=O)c2ccccc2)cc1OC.Cl. The van der Waals surface area contributed by atoms with Crippen LogP contribution in [0, 0.1) is 0 Å². The molecule has 0 aliphatic rings. The fourth-order valence-electron chi connectivity index (χ4n) is 1.84. The van der Waals surface area contributed by atoms with Crippen molar-refractivity contribution in [3.05, 3.63) is 53.6 Å². The molecule has 0 amide bonds. The molecule has 20 heavy (non-hydrogen) atoms. The van der Waals surface area contributed by atoms with E-state index in [4.69, 9.17) is 15.2 Å². The van der Waals surface area contributed by atoms with Gasteiger partial charge in [0.25, 0.3) is 0 Å². The first-order chi connectivity index (χ1) is 9.17. The maximum atomic E-state index is 12.4. The van der Waals surface area contributed by atoms with Gasteiger partial charge in [0, 0.05) is 22.9 Å². The molecule has 0 spiro atoms. The fraction of sp³-hybridized carbons (Fsp3) is 0.133. The summed E-state index contributed by atoms with van der Waals surface area (Å²) in [6.07, 6.45) is 0. The summed E-state index contributed by atoms with van der Waals surface area (Å²) >= 11 is 0. The highest BCUT2D eigenvalue weighted by Crippen LogP contribution is 2.32. The van der Waals surface area contributed by atoms with Gasteiger partial charge < -0.3 is 15.2 Å². The van der Waals surface area contributed by atoms with Crippen molar-refractivity contribution in [2.24, 2.45) is 0 Å². The number of rotatable bonds is 4. The lowest BCUT2D eigenvalue weighted by molar-refractivity contribution is 0.103. The average molecular weight is 294 g/mol. The van der Waals surface area contributed by atoms with E-state index in [0.717, 1.165) is 0 Å². The molecule has 0 aliphatic carbocycles. The molecule has 0 saturated heterocycles. The number of nitrogen functional groups attached to an aromatic ring is 1. The summed E-state index contributed by atoms with van der Waals surface area (Å²) in [6.45, 7) is 0. The van der Waals surface area contributed by atoms with Gasteiger partial charge in [-0.25, -0.2) is 0 Å². The Morgan fingerprint density at radius 2 is 1.55 bits per heavy atom. The van der Waals surface area contributed by atoms with Crippen LogP contribution in [0.2, 0.25) is 0 Å². The molecule has 2 rings (SSSR count). The van der Waals surface area contributed by atoms with Gasteiger partial charge in [-0.15, -0.1) is 12.4 Å². The second-order valence-corrected chi connectivity index (χ2v) is 3.99. The maximum Gasteiger partial charge on any atom is 0.195 e. The third-order valence-corrected chi connectivity index (χ3v) is 2.84. The molecular weight excluding hydrogens is 278 g/mol. The van der Waals surface area contributed by atoms with Gasteiger partial charge in [0.2, 0.25) is 0 Å². The monoisotopic (exact) mass is 293 g/mol. The van der Waals surface area contributed by atoms with E-state index in [0.29, 0.717) is 28.3 Å². The number of anilines is 1. The number of ether oxygens (including phenoxy) is 2. The lowest BCUT2D eigenvalue weighted by Crippen LogP contribution is -2.06. The average Bonchev–Trinajstić information content (AvgIpc) is 2.47. The molecule has 0 aromatic heterocycles. The maximum absolute atomic E-state index is 12.4. The number of nitrogens with two attached hydrogens (primary N) is 1. The highest BCUT2D eigenvalue weighted by atomic mass is 35.5. The van der Waals surface area contributed by atoms with E-state index >= 15 is 0 Å². The van der Waals surface area contributed by atoms with Crippen molar-refractivity contribution in [2.45, 2.75) is 0 Å². The van der Waals surface area contributed by atoms with Crippen LogP contribution in [0.4, 0.5) is 5.69 Å². The van der Waals surface area contributed by atoms with Gasteiger partial charge >= 0.3 is 0 Å². The summed E-state index contributed by atoms with van der Waals surface area (Å²) < 4.78 is 10.3. The first kappa shape index (κ1) is 15.9. The Hall–Kier alpha value is -2.20. The Balaban J connectivity index is 0.00000200. The van der Waals surface area contributed by atoms with Crippen molar-refractivity contribution in [1.29, 1.82) is 0 Å².